The summed E-state index contributed by atoms with van der Waals surface area (Å²) >= 11 is 2.94. The fourth-order valence-electron chi connectivity index (χ4n) is 1.98. The molecule has 0 atom stereocenters. The van der Waals surface area contributed by atoms with Gasteiger partial charge in [-0.3, -0.25) is 4.79 Å². The lowest BCUT2D eigenvalue weighted by atomic mass is 10.2. The van der Waals surface area contributed by atoms with Crippen LogP contribution in [0.2, 0.25) is 0 Å². The average Bonchev–Trinajstić information content (AvgIpc) is 3.03. The topological polar surface area (TPSA) is 71.4 Å². The molecule has 0 aliphatic heterocycles. The number of hydrogen-bond donors (Lipinski definition) is 1. The minimum atomic E-state index is -0.797. The van der Waals surface area contributed by atoms with E-state index in [0.717, 1.165) is 16.9 Å². The molecular weight excluding hydrogens is 348 g/mol. The van der Waals surface area contributed by atoms with Gasteiger partial charge in [-0.15, -0.1) is 0 Å². The van der Waals surface area contributed by atoms with Crippen LogP contribution in [0.5, 0.6) is 0 Å². The van der Waals surface area contributed by atoms with Crippen molar-refractivity contribution in [2.45, 2.75) is 13.0 Å². The standard InChI is InChI=1S/C14H12N4O2.CH3Br/c19-14(20)5-9-17-7-2-11(3-8-17)12-4-10-18-13(16-12)1-6-15-18;1-2/h1-4,6-8,10H,5,9H2;1H3/p+1. The number of carboxylic acids is 1. The number of carbonyl (C=O) groups is 1. The molecule has 0 spiro atoms. The van der Waals surface area contributed by atoms with Gasteiger partial charge in [-0.2, -0.15) is 5.10 Å². The van der Waals surface area contributed by atoms with E-state index in [2.05, 4.69) is 26.0 Å². The summed E-state index contributed by atoms with van der Waals surface area (Å²) in [4.78, 5) is 15.0. The largest absolute Gasteiger partial charge is 0.481 e. The number of nitrogens with zero attached hydrogens (tertiary/aromatic N) is 4. The Morgan fingerprint density at radius 3 is 2.68 bits per heavy atom. The third-order valence-electron chi connectivity index (χ3n) is 3.03. The van der Waals surface area contributed by atoms with Crippen LogP contribution in [0.3, 0.4) is 0 Å². The van der Waals surface area contributed by atoms with Gasteiger partial charge < -0.3 is 5.11 Å². The van der Waals surface area contributed by atoms with Crippen LogP contribution in [-0.2, 0) is 11.3 Å². The van der Waals surface area contributed by atoms with E-state index in [1.54, 1.807) is 10.7 Å². The highest BCUT2D eigenvalue weighted by molar-refractivity contribution is 9.08. The fourth-order valence-corrected chi connectivity index (χ4v) is 1.98. The number of rotatable bonds is 4. The van der Waals surface area contributed by atoms with Crippen molar-refractivity contribution in [2.75, 3.05) is 5.83 Å². The smallest absolute Gasteiger partial charge is 0.309 e. The molecule has 0 radical (unpaired) electrons. The quantitative estimate of drug-likeness (QED) is 0.569. The number of alkyl halides is 1. The number of carboxylic acid groups (broad SMARTS) is 1. The van der Waals surface area contributed by atoms with Crippen molar-refractivity contribution in [1.82, 2.24) is 14.6 Å². The second-order valence-electron chi connectivity index (χ2n) is 4.42. The van der Waals surface area contributed by atoms with Gasteiger partial charge in [0.2, 0.25) is 0 Å². The molecule has 3 heterocycles. The van der Waals surface area contributed by atoms with Gasteiger partial charge in [-0.25, -0.2) is 14.1 Å². The Labute approximate surface area is 136 Å². The first-order valence-electron chi connectivity index (χ1n) is 6.62. The van der Waals surface area contributed by atoms with E-state index in [1.807, 2.05) is 53.3 Å². The van der Waals surface area contributed by atoms with E-state index >= 15 is 0 Å². The Balaban J connectivity index is 0.000000847. The van der Waals surface area contributed by atoms with Gasteiger partial charge in [-0.05, 0) is 11.9 Å². The van der Waals surface area contributed by atoms with Crippen LogP contribution in [0.15, 0.2) is 49.1 Å². The third-order valence-corrected chi connectivity index (χ3v) is 3.03. The molecule has 22 heavy (non-hydrogen) atoms. The van der Waals surface area contributed by atoms with Gasteiger partial charge >= 0.3 is 5.97 Å². The van der Waals surface area contributed by atoms with Crippen LogP contribution in [0.25, 0.3) is 16.9 Å². The van der Waals surface area contributed by atoms with Gasteiger partial charge in [0.1, 0.15) is 6.42 Å². The maximum atomic E-state index is 10.5. The highest BCUT2D eigenvalue weighted by Gasteiger charge is 2.07. The van der Waals surface area contributed by atoms with Crippen molar-refractivity contribution in [1.29, 1.82) is 0 Å². The summed E-state index contributed by atoms with van der Waals surface area (Å²) in [6.45, 7) is 0.463. The highest BCUT2D eigenvalue weighted by atomic mass is 79.9. The van der Waals surface area contributed by atoms with Crippen molar-refractivity contribution in [3.63, 3.8) is 0 Å². The van der Waals surface area contributed by atoms with E-state index in [0.29, 0.717) is 6.54 Å². The van der Waals surface area contributed by atoms with E-state index in [9.17, 15) is 4.79 Å². The van der Waals surface area contributed by atoms with Gasteiger partial charge in [-0.1, -0.05) is 15.9 Å². The predicted molar refractivity (Wildman–Crippen MR) is 85.7 cm³/mol. The van der Waals surface area contributed by atoms with Crippen molar-refractivity contribution in [3.05, 3.63) is 49.1 Å². The van der Waals surface area contributed by atoms with Gasteiger partial charge in [0.25, 0.3) is 0 Å². The molecule has 0 aliphatic carbocycles. The number of aliphatic carboxylic acids is 1. The summed E-state index contributed by atoms with van der Waals surface area (Å²) in [7, 11) is 0. The molecule has 6 nitrogen and oxygen atoms in total. The van der Waals surface area contributed by atoms with Gasteiger partial charge in [0.05, 0.1) is 11.9 Å². The zero-order valence-electron chi connectivity index (χ0n) is 12.1. The molecule has 1 N–H and O–H groups in total. The summed E-state index contributed by atoms with van der Waals surface area (Å²) in [5.74, 6) is 1.02. The summed E-state index contributed by atoms with van der Waals surface area (Å²) in [6.07, 6.45) is 7.41. The molecule has 3 aromatic heterocycles. The van der Waals surface area contributed by atoms with Crippen LogP contribution < -0.4 is 4.57 Å². The molecule has 3 aromatic rings. The molecule has 114 valence electrons. The maximum Gasteiger partial charge on any atom is 0.309 e. The number of aromatic nitrogens is 4. The van der Waals surface area contributed by atoms with Crippen molar-refractivity contribution in [3.8, 4) is 11.3 Å². The van der Waals surface area contributed by atoms with Crippen molar-refractivity contribution < 1.29 is 14.5 Å². The van der Waals surface area contributed by atoms with Crippen molar-refractivity contribution >= 4 is 27.5 Å². The molecular formula is C15H16BrN4O2+. The molecule has 0 unspecified atom stereocenters. The molecule has 0 saturated carbocycles. The Kier molecular flexibility index (Phi) is 5.60. The zero-order valence-corrected chi connectivity index (χ0v) is 13.6. The Hall–Kier alpha value is -2.28. The first kappa shape index (κ1) is 16.1. The van der Waals surface area contributed by atoms with Crippen LogP contribution in [0.1, 0.15) is 6.42 Å². The average molecular weight is 364 g/mol. The van der Waals surface area contributed by atoms with Crippen LogP contribution >= 0.6 is 15.9 Å². The van der Waals surface area contributed by atoms with Gasteiger partial charge in [0, 0.05) is 30.0 Å². The SMILES string of the molecule is CBr.O=C(O)CC[n+]1ccc(-c2ccn3nccc3n2)cc1. The predicted octanol–water partition coefficient (Wildman–Crippen LogP) is 2.17. The normalized spacial score (nSPS) is 10.1. The second kappa shape index (κ2) is 7.65. The highest BCUT2D eigenvalue weighted by Crippen LogP contribution is 2.15. The monoisotopic (exact) mass is 363 g/mol. The van der Waals surface area contributed by atoms with Gasteiger partial charge in [0.15, 0.2) is 24.6 Å². The van der Waals surface area contributed by atoms with E-state index in [-0.39, 0.29) is 6.42 Å². The summed E-state index contributed by atoms with van der Waals surface area (Å²) < 4.78 is 3.55. The first-order chi connectivity index (χ1) is 10.7. The van der Waals surface area contributed by atoms with Crippen LogP contribution in [0, 0.1) is 0 Å². The Morgan fingerprint density at radius 1 is 1.27 bits per heavy atom. The summed E-state index contributed by atoms with van der Waals surface area (Å²) in [5.41, 5.74) is 2.65. The lowest BCUT2D eigenvalue weighted by molar-refractivity contribution is -0.695. The number of pyridine rings is 1. The first-order valence-corrected chi connectivity index (χ1v) is 8.20. The molecule has 0 bridgehead atoms. The maximum absolute atomic E-state index is 10.5. The zero-order chi connectivity index (χ0) is 15.9. The summed E-state index contributed by atoms with van der Waals surface area (Å²) in [5, 5.41) is 12.8. The van der Waals surface area contributed by atoms with E-state index in [4.69, 9.17) is 5.11 Å². The third kappa shape index (κ3) is 3.88. The number of aryl methyl sites for hydroxylation is 1. The van der Waals surface area contributed by atoms with Crippen LogP contribution in [0.4, 0.5) is 0 Å². The Morgan fingerprint density at radius 2 is 2.00 bits per heavy atom. The van der Waals surface area contributed by atoms with E-state index in [1.165, 1.54) is 0 Å². The number of hydrogen-bond acceptors (Lipinski definition) is 3. The van der Waals surface area contributed by atoms with E-state index < -0.39 is 5.97 Å². The molecule has 0 fully saturated rings. The lowest BCUT2D eigenvalue weighted by Crippen LogP contribution is -2.33. The number of fused-ring (bicyclic) bond motifs is 1. The minimum absolute atomic E-state index is 0.115. The lowest BCUT2D eigenvalue weighted by Gasteiger charge is -2.01. The molecule has 3 rings (SSSR count). The summed E-state index contributed by atoms with van der Waals surface area (Å²) in [6, 6.07) is 7.60. The molecule has 0 aliphatic rings. The minimum Gasteiger partial charge on any atom is -0.481 e. The Bertz CT molecular complexity index is 756. The second-order valence-corrected chi connectivity index (χ2v) is 4.42. The van der Waals surface area contributed by atoms with Crippen molar-refractivity contribution in [2.24, 2.45) is 0 Å². The molecule has 0 aromatic carbocycles. The molecule has 0 amide bonds. The van der Waals surface area contributed by atoms with Crippen LogP contribution in [-0.4, -0.2) is 31.5 Å². The fraction of sp³-hybridized carbons (Fsp3) is 0.200. The molecule has 0 saturated heterocycles. The molecule has 7 heteroatoms. The number of halogens is 1.